The first-order valence-electron chi connectivity index (χ1n) is 5.15. The van der Waals surface area contributed by atoms with Crippen LogP contribution in [0.1, 0.15) is 0 Å². The highest BCUT2D eigenvalue weighted by Gasteiger charge is 2.09. The molecule has 0 aliphatic heterocycles. The third kappa shape index (κ3) is 1.63. The maximum Gasteiger partial charge on any atom is 0.215 e. The Labute approximate surface area is 97.3 Å². The number of aromatic amines is 1. The van der Waals surface area contributed by atoms with E-state index in [-0.39, 0.29) is 0 Å². The molecule has 0 bridgehead atoms. The summed E-state index contributed by atoms with van der Waals surface area (Å²) in [7, 11) is 3.50. The number of imidazole rings is 2. The van der Waals surface area contributed by atoms with Crippen LogP contribution >= 0.6 is 0 Å². The van der Waals surface area contributed by atoms with Gasteiger partial charge in [-0.1, -0.05) is 0 Å². The van der Waals surface area contributed by atoms with E-state index in [1.54, 1.807) is 19.5 Å². The van der Waals surface area contributed by atoms with Gasteiger partial charge in [0.15, 0.2) is 11.5 Å². The SMILES string of the molecule is COc1ccc2[nH]c(-c3cn(C)cn3)nc2n1. The van der Waals surface area contributed by atoms with Crippen LogP contribution in [0.3, 0.4) is 0 Å². The van der Waals surface area contributed by atoms with Crippen molar-refractivity contribution < 1.29 is 4.74 Å². The smallest absolute Gasteiger partial charge is 0.215 e. The predicted octanol–water partition coefficient (Wildman–Crippen LogP) is 1.37. The number of rotatable bonds is 2. The van der Waals surface area contributed by atoms with Crippen LogP contribution in [-0.4, -0.2) is 31.6 Å². The lowest BCUT2D eigenvalue weighted by Crippen LogP contribution is -1.86. The molecule has 17 heavy (non-hydrogen) atoms. The summed E-state index contributed by atoms with van der Waals surface area (Å²) in [5, 5.41) is 0. The second-order valence-corrected chi connectivity index (χ2v) is 3.73. The number of hydrogen-bond acceptors (Lipinski definition) is 4. The maximum atomic E-state index is 5.06. The summed E-state index contributed by atoms with van der Waals surface area (Å²) in [6, 6.07) is 3.68. The zero-order chi connectivity index (χ0) is 11.8. The van der Waals surface area contributed by atoms with Crippen LogP contribution in [0.5, 0.6) is 5.88 Å². The number of methoxy groups -OCH3 is 1. The molecule has 0 spiro atoms. The van der Waals surface area contributed by atoms with Gasteiger partial charge in [0.05, 0.1) is 19.0 Å². The Balaban J connectivity index is 2.13. The van der Waals surface area contributed by atoms with E-state index in [2.05, 4.69) is 19.9 Å². The number of aromatic nitrogens is 5. The third-order valence-electron chi connectivity index (χ3n) is 2.48. The lowest BCUT2D eigenvalue weighted by molar-refractivity contribution is 0.399. The van der Waals surface area contributed by atoms with Gasteiger partial charge >= 0.3 is 0 Å². The van der Waals surface area contributed by atoms with E-state index in [0.717, 1.165) is 11.2 Å². The van der Waals surface area contributed by atoms with Crippen LogP contribution in [0, 0.1) is 0 Å². The van der Waals surface area contributed by atoms with Crippen molar-refractivity contribution >= 4 is 11.2 Å². The van der Waals surface area contributed by atoms with E-state index in [9.17, 15) is 0 Å². The lowest BCUT2D eigenvalue weighted by Gasteiger charge is -1.95. The van der Waals surface area contributed by atoms with Crippen molar-refractivity contribution in [2.75, 3.05) is 7.11 Å². The summed E-state index contributed by atoms with van der Waals surface area (Å²) in [5.41, 5.74) is 2.29. The van der Waals surface area contributed by atoms with Gasteiger partial charge in [-0.25, -0.2) is 9.97 Å². The molecule has 1 N–H and O–H groups in total. The number of hydrogen-bond donors (Lipinski definition) is 1. The maximum absolute atomic E-state index is 5.06. The molecule has 0 saturated carbocycles. The topological polar surface area (TPSA) is 68.6 Å². The number of pyridine rings is 1. The highest BCUT2D eigenvalue weighted by Crippen LogP contribution is 2.19. The number of H-pyrrole nitrogens is 1. The highest BCUT2D eigenvalue weighted by molar-refractivity contribution is 5.75. The minimum atomic E-state index is 0.552. The van der Waals surface area contributed by atoms with Crippen LogP contribution < -0.4 is 4.74 Å². The largest absolute Gasteiger partial charge is 0.481 e. The number of nitrogens with zero attached hydrogens (tertiary/aromatic N) is 4. The molecule has 0 fully saturated rings. The normalized spacial score (nSPS) is 10.9. The highest BCUT2D eigenvalue weighted by atomic mass is 16.5. The number of aryl methyl sites for hydroxylation is 1. The molecule has 0 amide bonds. The second kappa shape index (κ2) is 3.58. The van der Waals surface area contributed by atoms with E-state index in [0.29, 0.717) is 17.4 Å². The summed E-state index contributed by atoms with van der Waals surface area (Å²) in [5.74, 6) is 1.26. The minimum Gasteiger partial charge on any atom is -0.481 e. The lowest BCUT2D eigenvalue weighted by atomic mass is 10.4. The van der Waals surface area contributed by atoms with Gasteiger partial charge in [0, 0.05) is 19.3 Å². The van der Waals surface area contributed by atoms with Gasteiger partial charge in [0.25, 0.3) is 0 Å². The van der Waals surface area contributed by atoms with Gasteiger partial charge in [-0.2, -0.15) is 4.98 Å². The first-order valence-corrected chi connectivity index (χ1v) is 5.15. The zero-order valence-electron chi connectivity index (χ0n) is 9.51. The van der Waals surface area contributed by atoms with E-state index < -0.39 is 0 Å². The van der Waals surface area contributed by atoms with E-state index in [1.165, 1.54) is 0 Å². The van der Waals surface area contributed by atoms with Crippen molar-refractivity contribution in [3.8, 4) is 17.4 Å². The fourth-order valence-electron chi connectivity index (χ4n) is 1.65. The Morgan fingerprint density at radius 2 is 2.18 bits per heavy atom. The molecule has 6 nitrogen and oxygen atoms in total. The van der Waals surface area contributed by atoms with Crippen molar-refractivity contribution in [1.29, 1.82) is 0 Å². The Kier molecular flexibility index (Phi) is 2.07. The fourth-order valence-corrected chi connectivity index (χ4v) is 1.65. The molecular formula is C11H11N5O. The van der Waals surface area contributed by atoms with E-state index in [4.69, 9.17) is 4.74 Å². The molecule has 3 heterocycles. The molecule has 0 saturated heterocycles. The molecule has 3 aromatic heterocycles. The summed E-state index contributed by atoms with van der Waals surface area (Å²) >= 11 is 0. The monoisotopic (exact) mass is 229 g/mol. The second-order valence-electron chi connectivity index (χ2n) is 3.73. The molecular weight excluding hydrogens is 218 g/mol. The zero-order valence-corrected chi connectivity index (χ0v) is 9.51. The average Bonchev–Trinajstić information content (AvgIpc) is 2.93. The van der Waals surface area contributed by atoms with Gasteiger partial charge < -0.3 is 14.3 Å². The van der Waals surface area contributed by atoms with Gasteiger partial charge in [-0.15, -0.1) is 0 Å². The van der Waals surface area contributed by atoms with E-state index >= 15 is 0 Å². The third-order valence-corrected chi connectivity index (χ3v) is 2.48. The average molecular weight is 229 g/mol. The molecule has 0 radical (unpaired) electrons. The Morgan fingerprint density at radius 3 is 2.88 bits per heavy atom. The molecule has 0 aliphatic rings. The van der Waals surface area contributed by atoms with Crippen molar-refractivity contribution in [2.24, 2.45) is 7.05 Å². The Morgan fingerprint density at radius 1 is 1.29 bits per heavy atom. The Bertz CT molecular complexity index is 669. The molecule has 6 heteroatoms. The van der Waals surface area contributed by atoms with Crippen molar-refractivity contribution in [3.63, 3.8) is 0 Å². The number of fused-ring (bicyclic) bond motifs is 1. The summed E-state index contributed by atoms with van der Waals surface area (Å²) < 4.78 is 6.93. The summed E-state index contributed by atoms with van der Waals surface area (Å²) in [6.07, 6.45) is 3.63. The predicted molar refractivity (Wildman–Crippen MR) is 62.6 cm³/mol. The quantitative estimate of drug-likeness (QED) is 0.720. The van der Waals surface area contributed by atoms with Crippen molar-refractivity contribution in [1.82, 2.24) is 24.5 Å². The molecule has 0 aliphatic carbocycles. The van der Waals surface area contributed by atoms with Gasteiger partial charge in [0.2, 0.25) is 5.88 Å². The van der Waals surface area contributed by atoms with Gasteiger partial charge in [-0.3, -0.25) is 0 Å². The fraction of sp³-hybridized carbons (Fsp3) is 0.182. The van der Waals surface area contributed by atoms with Crippen LogP contribution in [0.4, 0.5) is 0 Å². The van der Waals surface area contributed by atoms with Crippen LogP contribution in [-0.2, 0) is 7.05 Å². The van der Waals surface area contributed by atoms with Crippen molar-refractivity contribution in [3.05, 3.63) is 24.7 Å². The molecule has 0 atom stereocenters. The first kappa shape index (κ1) is 9.83. The minimum absolute atomic E-state index is 0.552. The summed E-state index contributed by atoms with van der Waals surface area (Å²) in [6.45, 7) is 0. The molecule has 3 aromatic rings. The number of ether oxygens (including phenoxy) is 1. The van der Waals surface area contributed by atoms with Crippen molar-refractivity contribution in [2.45, 2.75) is 0 Å². The molecule has 0 unspecified atom stereocenters. The van der Waals surface area contributed by atoms with Gasteiger partial charge in [-0.05, 0) is 6.07 Å². The molecule has 86 valence electrons. The molecule has 3 rings (SSSR count). The van der Waals surface area contributed by atoms with Crippen LogP contribution in [0.15, 0.2) is 24.7 Å². The van der Waals surface area contributed by atoms with E-state index in [1.807, 2.05) is 23.9 Å². The number of nitrogens with one attached hydrogen (secondary N) is 1. The van der Waals surface area contributed by atoms with Crippen LogP contribution in [0.2, 0.25) is 0 Å². The first-order chi connectivity index (χ1) is 8.26. The van der Waals surface area contributed by atoms with Gasteiger partial charge in [0.1, 0.15) is 5.69 Å². The summed E-state index contributed by atoms with van der Waals surface area (Å²) in [4.78, 5) is 16.0. The standard InChI is InChI=1S/C11H11N5O/c1-16-5-8(12-6-16)11-13-7-3-4-9(17-2)14-10(7)15-11/h3-6H,1-2H3,(H,13,14,15). The Hall–Kier alpha value is -2.37. The molecule has 0 aromatic carbocycles. The van der Waals surface area contributed by atoms with Crippen LogP contribution in [0.25, 0.3) is 22.7 Å².